The fraction of sp³-hybridized carbons (Fsp3) is 0.190. The Morgan fingerprint density at radius 3 is 2.41 bits per heavy atom. The zero-order valence-electron chi connectivity index (χ0n) is 16.7. The van der Waals surface area contributed by atoms with Gasteiger partial charge in [-0.3, -0.25) is 14.9 Å². The van der Waals surface area contributed by atoms with E-state index in [9.17, 15) is 9.59 Å². The maximum absolute atomic E-state index is 12.1. The maximum Gasteiger partial charge on any atom is 0.253 e. The molecule has 0 saturated heterocycles. The summed E-state index contributed by atoms with van der Waals surface area (Å²) in [7, 11) is 6.46. The molecule has 8 heteroatoms. The number of benzene rings is 2. The van der Waals surface area contributed by atoms with Crippen LogP contribution in [0.1, 0.15) is 15.9 Å². The van der Waals surface area contributed by atoms with Crippen molar-refractivity contribution in [1.29, 1.82) is 0 Å². The minimum atomic E-state index is -0.391. The second-order valence-corrected chi connectivity index (χ2v) is 6.58. The first-order valence-electron chi connectivity index (χ1n) is 8.68. The van der Waals surface area contributed by atoms with E-state index >= 15 is 0 Å². The number of nitrogens with one attached hydrogen (secondary N) is 2. The van der Waals surface area contributed by atoms with Crippen LogP contribution in [0.25, 0.3) is 6.08 Å². The Morgan fingerprint density at radius 2 is 1.76 bits per heavy atom. The van der Waals surface area contributed by atoms with E-state index < -0.39 is 5.91 Å². The number of carbonyl (C=O) groups is 2. The molecule has 2 aromatic rings. The normalized spacial score (nSPS) is 10.3. The molecule has 0 aliphatic heterocycles. The number of nitrogens with zero attached hydrogens (tertiary/aromatic N) is 1. The van der Waals surface area contributed by atoms with Gasteiger partial charge >= 0.3 is 0 Å². The van der Waals surface area contributed by atoms with Crippen LogP contribution in [0.2, 0.25) is 0 Å². The van der Waals surface area contributed by atoms with Crippen LogP contribution in [0.4, 0.5) is 5.69 Å². The van der Waals surface area contributed by atoms with Gasteiger partial charge in [-0.05, 0) is 54.2 Å². The van der Waals surface area contributed by atoms with Crippen molar-refractivity contribution in [2.45, 2.75) is 0 Å². The number of methoxy groups -OCH3 is 2. The van der Waals surface area contributed by atoms with Crippen molar-refractivity contribution in [2.24, 2.45) is 0 Å². The summed E-state index contributed by atoms with van der Waals surface area (Å²) in [5.74, 6) is 0.660. The second kappa shape index (κ2) is 10.2. The molecule has 7 nitrogen and oxygen atoms in total. The third-order valence-corrected chi connectivity index (χ3v) is 4.05. The molecule has 0 aliphatic carbocycles. The lowest BCUT2D eigenvalue weighted by Crippen LogP contribution is -2.32. The van der Waals surface area contributed by atoms with Gasteiger partial charge in [0.2, 0.25) is 5.91 Å². The quantitative estimate of drug-likeness (QED) is 0.560. The molecule has 152 valence electrons. The molecule has 0 spiro atoms. The topological polar surface area (TPSA) is 79.9 Å². The number of ether oxygens (including phenoxy) is 2. The van der Waals surface area contributed by atoms with E-state index in [0.717, 1.165) is 5.56 Å². The monoisotopic (exact) mass is 413 g/mol. The van der Waals surface area contributed by atoms with E-state index in [1.807, 2.05) is 0 Å². The zero-order chi connectivity index (χ0) is 21.4. The third kappa shape index (κ3) is 6.32. The predicted octanol–water partition coefficient (Wildman–Crippen LogP) is 2.93. The number of anilines is 1. The van der Waals surface area contributed by atoms with E-state index in [4.69, 9.17) is 21.7 Å². The summed E-state index contributed by atoms with van der Waals surface area (Å²) in [5.41, 5.74) is 1.89. The Labute approximate surface area is 175 Å². The lowest BCUT2D eigenvalue weighted by Gasteiger charge is -2.12. The van der Waals surface area contributed by atoms with Gasteiger partial charge in [0.15, 0.2) is 16.6 Å². The molecule has 2 amide bonds. The summed E-state index contributed by atoms with van der Waals surface area (Å²) in [6.45, 7) is 0. The predicted molar refractivity (Wildman–Crippen MR) is 117 cm³/mol. The van der Waals surface area contributed by atoms with E-state index in [0.29, 0.717) is 22.7 Å². The van der Waals surface area contributed by atoms with Crippen LogP contribution in [0, 0.1) is 0 Å². The lowest BCUT2D eigenvalue weighted by molar-refractivity contribution is -0.115. The Balaban J connectivity index is 1.97. The molecule has 0 saturated carbocycles. The lowest BCUT2D eigenvalue weighted by atomic mass is 10.2. The molecule has 0 bridgehead atoms. The van der Waals surface area contributed by atoms with Crippen LogP contribution in [0.3, 0.4) is 0 Å². The molecule has 0 radical (unpaired) electrons. The van der Waals surface area contributed by atoms with Crippen LogP contribution < -0.4 is 20.1 Å². The summed E-state index contributed by atoms with van der Waals surface area (Å²) in [4.78, 5) is 25.6. The summed E-state index contributed by atoms with van der Waals surface area (Å²) < 4.78 is 10.4. The highest BCUT2D eigenvalue weighted by molar-refractivity contribution is 7.80. The number of carbonyl (C=O) groups excluding carboxylic acids is 2. The second-order valence-electron chi connectivity index (χ2n) is 6.17. The highest BCUT2D eigenvalue weighted by Crippen LogP contribution is 2.27. The summed E-state index contributed by atoms with van der Waals surface area (Å²) in [6.07, 6.45) is 3.00. The van der Waals surface area contributed by atoms with Crippen LogP contribution in [0.5, 0.6) is 11.5 Å². The summed E-state index contributed by atoms with van der Waals surface area (Å²) in [6, 6.07) is 12.2. The molecule has 0 aromatic heterocycles. The minimum Gasteiger partial charge on any atom is -0.493 e. The number of hydrogen-bond donors (Lipinski definition) is 2. The molecule has 0 atom stereocenters. The molecule has 2 rings (SSSR count). The first-order valence-corrected chi connectivity index (χ1v) is 9.08. The average molecular weight is 413 g/mol. The molecule has 29 heavy (non-hydrogen) atoms. The van der Waals surface area contributed by atoms with Crippen molar-refractivity contribution in [3.63, 3.8) is 0 Å². The van der Waals surface area contributed by atoms with Crippen molar-refractivity contribution in [3.8, 4) is 11.5 Å². The Morgan fingerprint density at radius 1 is 1.03 bits per heavy atom. The van der Waals surface area contributed by atoms with E-state index in [2.05, 4.69) is 10.6 Å². The van der Waals surface area contributed by atoms with Gasteiger partial charge in [-0.2, -0.15) is 0 Å². The molecule has 0 unspecified atom stereocenters. The van der Waals surface area contributed by atoms with Crippen LogP contribution in [-0.2, 0) is 4.79 Å². The van der Waals surface area contributed by atoms with Crippen LogP contribution in [0.15, 0.2) is 48.5 Å². The highest BCUT2D eigenvalue weighted by atomic mass is 32.1. The van der Waals surface area contributed by atoms with E-state index in [1.165, 1.54) is 11.0 Å². The van der Waals surface area contributed by atoms with Crippen LogP contribution in [-0.4, -0.2) is 50.1 Å². The van der Waals surface area contributed by atoms with Crippen LogP contribution >= 0.6 is 12.2 Å². The van der Waals surface area contributed by atoms with E-state index in [-0.39, 0.29) is 11.0 Å². The van der Waals surface area contributed by atoms with Gasteiger partial charge in [0.05, 0.1) is 14.2 Å². The largest absolute Gasteiger partial charge is 0.493 e. The maximum atomic E-state index is 12.1. The molecule has 0 fully saturated rings. The first-order chi connectivity index (χ1) is 13.8. The fourth-order valence-corrected chi connectivity index (χ4v) is 2.65. The molecule has 2 N–H and O–H groups in total. The number of hydrogen-bond acceptors (Lipinski definition) is 5. The van der Waals surface area contributed by atoms with Crippen molar-refractivity contribution in [1.82, 2.24) is 10.2 Å². The summed E-state index contributed by atoms with van der Waals surface area (Å²) in [5, 5.41) is 5.59. The van der Waals surface area contributed by atoms with Gasteiger partial charge < -0.3 is 19.7 Å². The Bertz CT molecular complexity index is 941. The molecule has 0 heterocycles. The third-order valence-electron chi connectivity index (χ3n) is 3.85. The van der Waals surface area contributed by atoms with Gasteiger partial charge in [-0.1, -0.05) is 12.1 Å². The van der Waals surface area contributed by atoms with Gasteiger partial charge in [0, 0.05) is 31.4 Å². The zero-order valence-corrected chi connectivity index (χ0v) is 17.5. The molecule has 2 aromatic carbocycles. The Kier molecular flexibility index (Phi) is 7.73. The molecule has 0 aliphatic rings. The molecular weight excluding hydrogens is 390 g/mol. The average Bonchev–Trinajstić information content (AvgIpc) is 2.71. The Hall–Kier alpha value is -3.39. The summed E-state index contributed by atoms with van der Waals surface area (Å²) >= 11 is 5.17. The van der Waals surface area contributed by atoms with Gasteiger partial charge in [-0.15, -0.1) is 0 Å². The van der Waals surface area contributed by atoms with Crippen molar-refractivity contribution in [3.05, 3.63) is 59.7 Å². The van der Waals surface area contributed by atoms with Gasteiger partial charge in [0.25, 0.3) is 5.91 Å². The number of rotatable bonds is 6. The van der Waals surface area contributed by atoms with Crippen molar-refractivity contribution < 1.29 is 19.1 Å². The van der Waals surface area contributed by atoms with Gasteiger partial charge in [0.1, 0.15) is 0 Å². The fourth-order valence-electron chi connectivity index (χ4n) is 2.43. The smallest absolute Gasteiger partial charge is 0.253 e. The molecular formula is C21H23N3O4S. The standard InChI is InChI=1S/C21H23N3O4S/c1-24(2)20(26)15-6-5-7-16(13-15)22-21(29)23-19(25)11-9-14-8-10-17(27-3)18(12-14)28-4/h5-13H,1-4H3,(H2,22,23,25,29)/b11-9+. The first kappa shape index (κ1) is 21.9. The van der Waals surface area contributed by atoms with Crippen molar-refractivity contribution >= 4 is 40.9 Å². The van der Waals surface area contributed by atoms with Crippen molar-refractivity contribution in [2.75, 3.05) is 33.6 Å². The number of thiocarbonyl (C=S) groups is 1. The van der Waals surface area contributed by atoms with Gasteiger partial charge in [-0.25, -0.2) is 0 Å². The SMILES string of the molecule is COc1ccc(/C=C/C(=O)NC(=S)Nc2cccc(C(=O)N(C)C)c2)cc1OC. The minimum absolute atomic E-state index is 0.124. The van der Waals surface area contributed by atoms with E-state index in [1.54, 1.807) is 76.9 Å². The highest BCUT2D eigenvalue weighted by Gasteiger charge is 2.09. The number of amides is 2.